The third-order valence-corrected chi connectivity index (χ3v) is 4.56. The molecule has 4 N–H and O–H groups in total. The van der Waals surface area contributed by atoms with Crippen LogP contribution >= 0.6 is 0 Å². The zero-order valence-electron chi connectivity index (χ0n) is 16.3. The Balaban J connectivity index is 1.62. The van der Waals surface area contributed by atoms with Crippen LogP contribution in [0.25, 0.3) is 11.0 Å². The molecule has 2 amide bonds. The molecule has 2 aromatic rings. The average molecular weight is 390 g/mol. The number of benzene rings is 1. The molecule has 1 aliphatic rings. The number of carbonyl (C=O) groups is 2. The highest BCUT2D eigenvalue weighted by Crippen LogP contribution is 2.23. The normalized spacial score (nSPS) is 20.2. The first-order valence-electron chi connectivity index (χ1n) is 9.25. The second kappa shape index (κ2) is 7.31. The van der Waals surface area contributed by atoms with E-state index in [1.165, 1.54) is 4.90 Å². The predicted octanol–water partition coefficient (Wildman–Crippen LogP) is 1.35. The molecule has 0 radical (unpaired) electrons. The summed E-state index contributed by atoms with van der Waals surface area (Å²) in [6.45, 7) is 5.96. The number of fused-ring (bicyclic) bond motifs is 1. The lowest BCUT2D eigenvalue weighted by molar-refractivity contribution is -0.0408. The van der Waals surface area contributed by atoms with Crippen molar-refractivity contribution in [2.45, 2.75) is 44.8 Å². The standard InChI is InChI=1S/C19H26N4O5/c1-18(2,3)28-17(26)23-8-4-7-19(27,11-23)10-20-15(24)12-5-6-13-14(9-12)22-16(25)21-13/h5-6,9,27H,4,7-8,10-11H2,1-3H3,(H,20,24)(H2,21,22,25). The number of nitrogens with one attached hydrogen (secondary N) is 3. The Morgan fingerprint density at radius 2 is 2.00 bits per heavy atom. The van der Waals surface area contributed by atoms with Crippen molar-refractivity contribution in [2.24, 2.45) is 0 Å². The van der Waals surface area contributed by atoms with E-state index >= 15 is 0 Å². The van der Waals surface area contributed by atoms with Gasteiger partial charge in [-0.3, -0.25) is 4.79 Å². The Hall–Kier alpha value is -2.81. The van der Waals surface area contributed by atoms with Crippen LogP contribution in [0.15, 0.2) is 23.0 Å². The number of ether oxygens (including phenoxy) is 1. The van der Waals surface area contributed by atoms with E-state index < -0.39 is 17.3 Å². The van der Waals surface area contributed by atoms with Gasteiger partial charge in [0.2, 0.25) is 0 Å². The second-order valence-electron chi connectivity index (χ2n) is 8.25. The van der Waals surface area contributed by atoms with Crippen molar-refractivity contribution < 1.29 is 19.4 Å². The van der Waals surface area contributed by atoms with E-state index in [4.69, 9.17) is 4.74 Å². The van der Waals surface area contributed by atoms with Crippen LogP contribution in [0.2, 0.25) is 0 Å². The maximum Gasteiger partial charge on any atom is 0.410 e. The lowest BCUT2D eigenvalue weighted by Crippen LogP contribution is -2.56. The van der Waals surface area contributed by atoms with Crippen LogP contribution in [0, 0.1) is 0 Å². The topological polar surface area (TPSA) is 128 Å². The van der Waals surface area contributed by atoms with Gasteiger partial charge in [0.05, 0.1) is 23.2 Å². The van der Waals surface area contributed by atoms with Crippen molar-refractivity contribution in [1.29, 1.82) is 0 Å². The summed E-state index contributed by atoms with van der Waals surface area (Å²) >= 11 is 0. The first-order chi connectivity index (χ1) is 13.0. The molecule has 28 heavy (non-hydrogen) atoms. The minimum absolute atomic E-state index is 0.00677. The van der Waals surface area contributed by atoms with Crippen LogP contribution < -0.4 is 11.0 Å². The first-order valence-corrected chi connectivity index (χ1v) is 9.25. The van der Waals surface area contributed by atoms with E-state index in [-0.39, 0.29) is 24.7 Å². The van der Waals surface area contributed by atoms with Crippen LogP contribution in [-0.4, -0.2) is 62.8 Å². The largest absolute Gasteiger partial charge is 0.444 e. The van der Waals surface area contributed by atoms with Crippen LogP contribution in [0.5, 0.6) is 0 Å². The Kier molecular flexibility index (Phi) is 5.20. The van der Waals surface area contributed by atoms with Gasteiger partial charge in [0.1, 0.15) is 5.60 Å². The number of piperidine rings is 1. The zero-order valence-corrected chi connectivity index (χ0v) is 16.3. The summed E-state index contributed by atoms with van der Waals surface area (Å²) in [4.78, 5) is 42.7. The number of carbonyl (C=O) groups excluding carboxylic acids is 2. The van der Waals surface area contributed by atoms with Gasteiger partial charge < -0.3 is 30.0 Å². The van der Waals surface area contributed by atoms with Gasteiger partial charge in [0.25, 0.3) is 5.91 Å². The third kappa shape index (κ3) is 4.72. The van der Waals surface area contributed by atoms with Gasteiger partial charge in [-0.2, -0.15) is 0 Å². The Labute approximate surface area is 162 Å². The summed E-state index contributed by atoms with van der Waals surface area (Å²) < 4.78 is 5.36. The van der Waals surface area contributed by atoms with E-state index in [2.05, 4.69) is 15.3 Å². The summed E-state index contributed by atoms with van der Waals surface area (Å²) in [6.07, 6.45) is 0.609. The number of imidazole rings is 1. The number of aromatic amines is 2. The smallest absolute Gasteiger partial charge is 0.410 e. The molecule has 1 unspecified atom stereocenters. The summed E-state index contributed by atoms with van der Waals surface area (Å²) in [7, 11) is 0. The molecule has 2 heterocycles. The van der Waals surface area contributed by atoms with Crippen LogP contribution in [-0.2, 0) is 4.74 Å². The van der Waals surface area contributed by atoms with Crippen molar-refractivity contribution in [3.8, 4) is 0 Å². The van der Waals surface area contributed by atoms with Crippen LogP contribution in [0.4, 0.5) is 4.79 Å². The van der Waals surface area contributed by atoms with Crippen LogP contribution in [0.3, 0.4) is 0 Å². The third-order valence-electron chi connectivity index (χ3n) is 4.56. The van der Waals surface area contributed by atoms with E-state index in [0.29, 0.717) is 36.0 Å². The summed E-state index contributed by atoms with van der Waals surface area (Å²) in [5.41, 5.74) is -0.668. The van der Waals surface area contributed by atoms with Gasteiger partial charge in [-0.15, -0.1) is 0 Å². The summed E-state index contributed by atoms with van der Waals surface area (Å²) in [5.74, 6) is -0.369. The molecular formula is C19H26N4O5. The lowest BCUT2D eigenvalue weighted by Gasteiger charge is -2.39. The molecule has 0 bridgehead atoms. The zero-order chi connectivity index (χ0) is 20.5. The average Bonchev–Trinajstić information content (AvgIpc) is 2.97. The van der Waals surface area contributed by atoms with E-state index in [9.17, 15) is 19.5 Å². The summed E-state index contributed by atoms with van der Waals surface area (Å²) in [5, 5.41) is 13.6. The molecule has 1 atom stereocenters. The maximum absolute atomic E-state index is 12.5. The number of amides is 2. The van der Waals surface area contributed by atoms with Crippen LogP contribution in [0.1, 0.15) is 44.0 Å². The van der Waals surface area contributed by atoms with E-state index in [1.807, 2.05) is 0 Å². The Bertz CT molecular complexity index is 942. The number of hydrogen-bond acceptors (Lipinski definition) is 5. The molecule has 1 aromatic carbocycles. The molecule has 152 valence electrons. The maximum atomic E-state index is 12.5. The van der Waals surface area contributed by atoms with Gasteiger partial charge in [-0.05, 0) is 51.8 Å². The molecular weight excluding hydrogens is 364 g/mol. The number of rotatable bonds is 3. The van der Waals surface area contributed by atoms with Crippen molar-refractivity contribution in [3.05, 3.63) is 34.2 Å². The number of aromatic nitrogens is 2. The molecule has 9 heteroatoms. The number of nitrogens with zero attached hydrogens (tertiary/aromatic N) is 1. The molecule has 9 nitrogen and oxygen atoms in total. The molecule has 1 aliphatic heterocycles. The van der Waals surface area contributed by atoms with Gasteiger partial charge in [0, 0.05) is 18.7 Å². The minimum atomic E-state index is -1.22. The fraction of sp³-hybridized carbons (Fsp3) is 0.526. The molecule has 3 rings (SSSR count). The monoisotopic (exact) mass is 390 g/mol. The Morgan fingerprint density at radius 3 is 2.71 bits per heavy atom. The number of β-amino-alcohol motifs (C(OH)–C–C–N with tert-alkyl or cyclic N) is 1. The van der Waals surface area contributed by atoms with Crippen molar-refractivity contribution in [1.82, 2.24) is 20.2 Å². The van der Waals surface area contributed by atoms with E-state index in [0.717, 1.165) is 0 Å². The van der Waals surface area contributed by atoms with Gasteiger partial charge >= 0.3 is 11.8 Å². The fourth-order valence-corrected chi connectivity index (χ4v) is 3.26. The number of hydrogen-bond donors (Lipinski definition) is 4. The highest BCUT2D eigenvalue weighted by atomic mass is 16.6. The van der Waals surface area contributed by atoms with Crippen molar-refractivity contribution >= 4 is 23.0 Å². The summed E-state index contributed by atoms with van der Waals surface area (Å²) in [6, 6.07) is 4.81. The first kappa shape index (κ1) is 19.9. The highest BCUT2D eigenvalue weighted by molar-refractivity contribution is 5.97. The van der Waals surface area contributed by atoms with Gasteiger partial charge in [-0.1, -0.05) is 0 Å². The SMILES string of the molecule is CC(C)(C)OC(=O)N1CCCC(O)(CNC(=O)c2ccc3[nH]c(=O)[nH]c3c2)C1. The number of likely N-dealkylation sites (tertiary alicyclic amines) is 1. The highest BCUT2D eigenvalue weighted by Gasteiger charge is 2.37. The van der Waals surface area contributed by atoms with E-state index in [1.54, 1.807) is 39.0 Å². The Morgan fingerprint density at radius 1 is 1.29 bits per heavy atom. The second-order valence-corrected chi connectivity index (χ2v) is 8.25. The molecule has 0 spiro atoms. The molecule has 1 fully saturated rings. The molecule has 1 aromatic heterocycles. The van der Waals surface area contributed by atoms with Gasteiger partial charge in [-0.25, -0.2) is 9.59 Å². The molecule has 0 saturated carbocycles. The number of aliphatic hydroxyl groups is 1. The fourth-order valence-electron chi connectivity index (χ4n) is 3.26. The minimum Gasteiger partial charge on any atom is -0.444 e. The lowest BCUT2D eigenvalue weighted by atomic mass is 9.93. The quantitative estimate of drug-likeness (QED) is 0.629. The number of H-pyrrole nitrogens is 2. The van der Waals surface area contributed by atoms with Gasteiger partial charge in [0.15, 0.2) is 0 Å². The van der Waals surface area contributed by atoms with Crippen molar-refractivity contribution in [2.75, 3.05) is 19.6 Å². The molecule has 1 saturated heterocycles. The van der Waals surface area contributed by atoms with Crippen molar-refractivity contribution in [3.63, 3.8) is 0 Å². The molecule has 0 aliphatic carbocycles. The predicted molar refractivity (Wildman–Crippen MR) is 103 cm³/mol.